The number of phenolic OH excluding ortho intramolecular Hbond substituents is 1. The van der Waals surface area contributed by atoms with E-state index < -0.39 is 0 Å². The van der Waals surface area contributed by atoms with Crippen molar-refractivity contribution < 1.29 is 5.11 Å². The SMILES string of the molecule is Cc1cscc1CNCc1cc(Cl)ccc1O. The summed E-state index contributed by atoms with van der Waals surface area (Å²) in [5.41, 5.74) is 3.43. The Hall–Kier alpha value is -1.03. The molecule has 0 aliphatic carbocycles. The molecular weight excluding hydrogens is 254 g/mol. The number of benzene rings is 1. The molecule has 1 aromatic carbocycles. The molecule has 4 heteroatoms. The first-order chi connectivity index (χ1) is 8.16. The van der Waals surface area contributed by atoms with Gasteiger partial charge in [-0.1, -0.05) is 11.6 Å². The van der Waals surface area contributed by atoms with Crippen LogP contribution in [0.15, 0.2) is 29.0 Å². The predicted octanol–water partition coefficient (Wildman–Crippen LogP) is 3.71. The number of rotatable bonds is 4. The van der Waals surface area contributed by atoms with Crippen molar-refractivity contribution >= 4 is 22.9 Å². The van der Waals surface area contributed by atoms with Crippen molar-refractivity contribution in [3.8, 4) is 5.75 Å². The smallest absolute Gasteiger partial charge is 0.120 e. The first kappa shape index (κ1) is 12.4. The summed E-state index contributed by atoms with van der Waals surface area (Å²) in [6.45, 7) is 3.52. The van der Waals surface area contributed by atoms with Crippen LogP contribution in [-0.2, 0) is 13.1 Å². The van der Waals surface area contributed by atoms with Crippen LogP contribution in [0.25, 0.3) is 0 Å². The lowest BCUT2D eigenvalue weighted by Gasteiger charge is -2.07. The van der Waals surface area contributed by atoms with Gasteiger partial charge in [0.05, 0.1) is 0 Å². The van der Waals surface area contributed by atoms with E-state index in [-0.39, 0.29) is 5.75 Å². The third-order valence-electron chi connectivity index (χ3n) is 2.63. The Morgan fingerprint density at radius 3 is 2.71 bits per heavy atom. The van der Waals surface area contributed by atoms with Crippen LogP contribution in [0, 0.1) is 6.92 Å². The van der Waals surface area contributed by atoms with Gasteiger partial charge in [0, 0.05) is 23.7 Å². The lowest BCUT2D eigenvalue weighted by molar-refractivity contribution is 0.464. The molecule has 0 radical (unpaired) electrons. The van der Waals surface area contributed by atoms with E-state index in [1.165, 1.54) is 11.1 Å². The Kier molecular flexibility index (Phi) is 4.05. The Balaban J connectivity index is 1.94. The van der Waals surface area contributed by atoms with E-state index >= 15 is 0 Å². The fraction of sp³-hybridized carbons (Fsp3) is 0.231. The number of aromatic hydroxyl groups is 1. The summed E-state index contributed by atoms with van der Waals surface area (Å²) in [6.07, 6.45) is 0. The van der Waals surface area contributed by atoms with E-state index in [1.807, 2.05) is 0 Å². The standard InChI is InChI=1S/C13H14ClNOS/c1-9-7-17-8-11(9)6-15-5-10-4-12(14)2-3-13(10)16/h2-4,7-8,15-16H,5-6H2,1H3. The average molecular weight is 268 g/mol. The van der Waals surface area contributed by atoms with E-state index in [0.29, 0.717) is 11.6 Å². The maximum atomic E-state index is 9.65. The van der Waals surface area contributed by atoms with Crippen molar-refractivity contribution in [1.29, 1.82) is 0 Å². The Morgan fingerprint density at radius 2 is 2.00 bits per heavy atom. The second-order valence-electron chi connectivity index (χ2n) is 3.96. The molecular formula is C13H14ClNOS. The molecule has 0 bridgehead atoms. The highest BCUT2D eigenvalue weighted by atomic mass is 35.5. The fourth-order valence-corrected chi connectivity index (χ4v) is 2.65. The summed E-state index contributed by atoms with van der Waals surface area (Å²) in [6, 6.07) is 5.09. The molecule has 0 atom stereocenters. The molecule has 0 amide bonds. The summed E-state index contributed by atoms with van der Waals surface area (Å²) in [4.78, 5) is 0. The lowest BCUT2D eigenvalue weighted by Crippen LogP contribution is -2.12. The molecule has 2 nitrogen and oxygen atoms in total. The first-order valence-corrected chi connectivity index (χ1v) is 6.68. The van der Waals surface area contributed by atoms with E-state index in [9.17, 15) is 5.11 Å². The van der Waals surface area contributed by atoms with Gasteiger partial charge >= 0.3 is 0 Å². The van der Waals surface area contributed by atoms with Crippen LogP contribution in [0.5, 0.6) is 5.75 Å². The molecule has 17 heavy (non-hydrogen) atoms. The normalized spacial score (nSPS) is 10.7. The minimum atomic E-state index is 0.281. The van der Waals surface area contributed by atoms with Gasteiger partial charge in [-0.2, -0.15) is 11.3 Å². The third-order valence-corrected chi connectivity index (χ3v) is 3.78. The molecule has 1 aromatic heterocycles. The summed E-state index contributed by atoms with van der Waals surface area (Å²) >= 11 is 7.59. The lowest BCUT2D eigenvalue weighted by atomic mass is 10.2. The number of hydrogen-bond donors (Lipinski definition) is 2. The minimum Gasteiger partial charge on any atom is -0.508 e. The summed E-state index contributed by atoms with van der Waals surface area (Å²) in [5, 5.41) is 17.9. The van der Waals surface area contributed by atoms with Gasteiger partial charge in [0.1, 0.15) is 5.75 Å². The maximum absolute atomic E-state index is 9.65. The fourth-order valence-electron chi connectivity index (χ4n) is 1.60. The van der Waals surface area contributed by atoms with Gasteiger partial charge in [0.25, 0.3) is 0 Å². The van der Waals surface area contributed by atoms with Gasteiger partial charge < -0.3 is 10.4 Å². The zero-order valence-corrected chi connectivity index (χ0v) is 11.1. The summed E-state index contributed by atoms with van der Waals surface area (Å²) in [7, 11) is 0. The largest absolute Gasteiger partial charge is 0.508 e. The molecule has 1 heterocycles. The summed E-state index contributed by atoms with van der Waals surface area (Å²) < 4.78 is 0. The number of halogens is 1. The number of nitrogens with one attached hydrogen (secondary N) is 1. The van der Waals surface area contributed by atoms with Crippen molar-refractivity contribution in [3.63, 3.8) is 0 Å². The Morgan fingerprint density at radius 1 is 1.24 bits per heavy atom. The van der Waals surface area contributed by atoms with Gasteiger partial charge in [-0.25, -0.2) is 0 Å². The van der Waals surface area contributed by atoms with Crippen molar-refractivity contribution in [2.24, 2.45) is 0 Å². The highest BCUT2D eigenvalue weighted by Crippen LogP contribution is 2.21. The zero-order chi connectivity index (χ0) is 12.3. The monoisotopic (exact) mass is 267 g/mol. The minimum absolute atomic E-state index is 0.281. The van der Waals surface area contributed by atoms with E-state index in [1.54, 1.807) is 29.5 Å². The molecule has 0 spiro atoms. The van der Waals surface area contributed by atoms with Crippen LogP contribution in [0.2, 0.25) is 5.02 Å². The first-order valence-electron chi connectivity index (χ1n) is 5.36. The zero-order valence-electron chi connectivity index (χ0n) is 9.53. The topological polar surface area (TPSA) is 32.3 Å². The molecule has 0 fully saturated rings. The highest BCUT2D eigenvalue weighted by Gasteiger charge is 2.03. The maximum Gasteiger partial charge on any atom is 0.120 e. The van der Waals surface area contributed by atoms with Crippen molar-refractivity contribution in [1.82, 2.24) is 5.32 Å². The molecule has 0 saturated carbocycles. The number of hydrogen-bond acceptors (Lipinski definition) is 3. The third kappa shape index (κ3) is 3.22. The molecule has 2 rings (SSSR count). The van der Waals surface area contributed by atoms with E-state index in [4.69, 9.17) is 11.6 Å². The molecule has 2 aromatic rings. The molecule has 2 N–H and O–H groups in total. The molecule has 0 aliphatic heterocycles. The van der Waals surface area contributed by atoms with Crippen molar-refractivity contribution in [2.75, 3.05) is 0 Å². The molecule has 0 aliphatic rings. The highest BCUT2D eigenvalue weighted by molar-refractivity contribution is 7.08. The van der Waals surface area contributed by atoms with E-state index in [0.717, 1.165) is 12.1 Å². The van der Waals surface area contributed by atoms with Crippen LogP contribution in [-0.4, -0.2) is 5.11 Å². The molecule has 90 valence electrons. The van der Waals surface area contributed by atoms with Gasteiger partial charge in [0.15, 0.2) is 0 Å². The second-order valence-corrected chi connectivity index (χ2v) is 5.14. The quantitative estimate of drug-likeness (QED) is 0.885. The van der Waals surface area contributed by atoms with Crippen molar-refractivity contribution in [3.05, 3.63) is 50.7 Å². The van der Waals surface area contributed by atoms with Gasteiger partial charge in [-0.3, -0.25) is 0 Å². The summed E-state index contributed by atoms with van der Waals surface area (Å²) in [5.74, 6) is 0.281. The van der Waals surface area contributed by atoms with Gasteiger partial charge in [-0.15, -0.1) is 0 Å². The number of aryl methyl sites for hydroxylation is 1. The van der Waals surface area contributed by atoms with Crippen LogP contribution in [0.1, 0.15) is 16.7 Å². The van der Waals surface area contributed by atoms with Crippen LogP contribution >= 0.6 is 22.9 Å². The predicted molar refractivity (Wildman–Crippen MR) is 72.7 cm³/mol. The van der Waals surface area contributed by atoms with Crippen LogP contribution < -0.4 is 5.32 Å². The number of phenols is 1. The molecule has 0 saturated heterocycles. The van der Waals surface area contributed by atoms with Crippen LogP contribution in [0.3, 0.4) is 0 Å². The van der Waals surface area contributed by atoms with Gasteiger partial charge in [0.2, 0.25) is 0 Å². The van der Waals surface area contributed by atoms with Gasteiger partial charge in [-0.05, 0) is 47.0 Å². The average Bonchev–Trinajstić information content (AvgIpc) is 2.70. The Labute approximate surface area is 110 Å². The second kappa shape index (κ2) is 5.54. The Bertz CT molecular complexity index is 510. The van der Waals surface area contributed by atoms with E-state index in [2.05, 4.69) is 23.0 Å². The molecule has 0 unspecified atom stereocenters. The van der Waals surface area contributed by atoms with Crippen LogP contribution in [0.4, 0.5) is 0 Å². The number of thiophene rings is 1. The van der Waals surface area contributed by atoms with Crippen molar-refractivity contribution in [2.45, 2.75) is 20.0 Å².